The molecule has 0 saturated heterocycles. The molecule has 5 nitrogen and oxygen atoms in total. The molecule has 0 bridgehead atoms. The number of ketones is 1. The third-order valence-corrected chi connectivity index (χ3v) is 3.59. The Morgan fingerprint density at radius 1 is 1.61 bits per heavy atom. The minimum atomic E-state index is -0.181. The Morgan fingerprint density at radius 2 is 2.33 bits per heavy atom. The molecule has 2 rings (SSSR count). The van der Waals surface area contributed by atoms with Crippen LogP contribution in [0.5, 0.6) is 5.88 Å². The first kappa shape index (κ1) is 13.0. The van der Waals surface area contributed by atoms with Crippen molar-refractivity contribution in [2.24, 2.45) is 7.05 Å². The number of carbonyl (C=O) groups is 1. The second-order valence-corrected chi connectivity index (χ2v) is 4.81. The number of rotatable bonds is 4. The molecule has 0 fully saturated rings. The number of halogens is 1. The molecular weight excluding hydrogens is 274 g/mol. The van der Waals surface area contributed by atoms with Crippen molar-refractivity contribution in [3.8, 4) is 16.5 Å². The normalized spacial score (nSPS) is 10.7. The standard InChI is InChI=1S/C11H12ClN3O2S/c1-6-9(11(17-3)15(2)14-6)10-13-7(5-18-10)8(16)4-12/h5H,4H2,1-3H3. The molecule has 0 aliphatic carbocycles. The fourth-order valence-electron chi connectivity index (χ4n) is 1.70. The maximum atomic E-state index is 11.5. The van der Waals surface area contributed by atoms with E-state index < -0.39 is 0 Å². The van der Waals surface area contributed by atoms with Crippen molar-refractivity contribution in [1.29, 1.82) is 0 Å². The van der Waals surface area contributed by atoms with Crippen molar-refractivity contribution < 1.29 is 9.53 Å². The van der Waals surface area contributed by atoms with Crippen LogP contribution in [0.3, 0.4) is 0 Å². The van der Waals surface area contributed by atoms with Crippen LogP contribution < -0.4 is 4.74 Å². The fraction of sp³-hybridized carbons (Fsp3) is 0.364. The van der Waals surface area contributed by atoms with Crippen LogP contribution in [0.15, 0.2) is 5.38 Å². The van der Waals surface area contributed by atoms with Gasteiger partial charge in [0.25, 0.3) is 0 Å². The summed E-state index contributed by atoms with van der Waals surface area (Å²) < 4.78 is 6.95. The van der Waals surface area contributed by atoms with Crippen LogP contribution >= 0.6 is 22.9 Å². The highest BCUT2D eigenvalue weighted by Crippen LogP contribution is 2.34. The Labute approximate surface area is 113 Å². The van der Waals surface area contributed by atoms with Crippen molar-refractivity contribution >= 4 is 28.7 Å². The van der Waals surface area contributed by atoms with Gasteiger partial charge in [-0.25, -0.2) is 9.67 Å². The zero-order chi connectivity index (χ0) is 13.3. The van der Waals surface area contributed by atoms with E-state index in [-0.39, 0.29) is 11.7 Å². The second-order valence-electron chi connectivity index (χ2n) is 3.69. The topological polar surface area (TPSA) is 57.0 Å². The van der Waals surface area contributed by atoms with E-state index in [1.807, 2.05) is 6.92 Å². The molecule has 18 heavy (non-hydrogen) atoms. The molecule has 0 spiro atoms. The number of alkyl halides is 1. The molecule has 2 heterocycles. The lowest BCUT2D eigenvalue weighted by Gasteiger charge is -2.01. The van der Waals surface area contributed by atoms with Gasteiger partial charge in [0.15, 0.2) is 5.78 Å². The smallest absolute Gasteiger partial charge is 0.222 e. The number of hydrogen-bond donors (Lipinski definition) is 0. The maximum absolute atomic E-state index is 11.5. The Hall–Kier alpha value is -1.40. The van der Waals surface area contributed by atoms with E-state index in [0.717, 1.165) is 11.3 Å². The summed E-state index contributed by atoms with van der Waals surface area (Å²) in [6, 6.07) is 0. The first-order valence-electron chi connectivity index (χ1n) is 5.21. The van der Waals surface area contributed by atoms with E-state index in [1.54, 1.807) is 24.2 Å². The summed E-state index contributed by atoms with van der Waals surface area (Å²) in [5.41, 5.74) is 2.02. The molecule has 0 atom stereocenters. The monoisotopic (exact) mass is 285 g/mol. The highest BCUT2D eigenvalue weighted by molar-refractivity contribution is 7.13. The van der Waals surface area contributed by atoms with Gasteiger partial charge in [-0.05, 0) is 6.92 Å². The van der Waals surface area contributed by atoms with Crippen LogP contribution in [0.4, 0.5) is 0 Å². The molecule has 0 aliphatic rings. The second kappa shape index (κ2) is 5.07. The van der Waals surface area contributed by atoms with Gasteiger partial charge in [-0.3, -0.25) is 4.79 Å². The average molecular weight is 286 g/mol. The highest BCUT2D eigenvalue weighted by Gasteiger charge is 2.20. The number of hydrogen-bond acceptors (Lipinski definition) is 5. The lowest BCUT2D eigenvalue weighted by molar-refractivity contribution is 0.101. The largest absolute Gasteiger partial charge is 0.481 e. The predicted molar refractivity (Wildman–Crippen MR) is 70.7 cm³/mol. The van der Waals surface area contributed by atoms with E-state index in [2.05, 4.69) is 10.1 Å². The Balaban J connectivity index is 2.49. The highest BCUT2D eigenvalue weighted by atomic mass is 35.5. The number of thiazole rings is 1. The molecule has 0 N–H and O–H groups in total. The van der Waals surface area contributed by atoms with E-state index >= 15 is 0 Å². The third kappa shape index (κ3) is 2.13. The number of aromatic nitrogens is 3. The third-order valence-electron chi connectivity index (χ3n) is 2.49. The Morgan fingerprint density at radius 3 is 2.94 bits per heavy atom. The van der Waals surface area contributed by atoms with Gasteiger partial charge in [0.2, 0.25) is 5.88 Å². The summed E-state index contributed by atoms with van der Waals surface area (Å²) in [6.07, 6.45) is 0. The molecule has 2 aromatic heterocycles. The SMILES string of the molecule is COc1c(-c2nc(C(=O)CCl)cs2)c(C)nn1C. The molecule has 0 amide bonds. The lowest BCUT2D eigenvalue weighted by atomic mass is 10.2. The first-order valence-corrected chi connectivity index (χ1v) is 6.62. The number of methoxy groups -OCH3 is 1. The van der Waals surface area contributed by atoms with E-state index in [0.29, 0.717) is 16.6 Å². The van der Waals surface area contributed by atoms with Crippen molar-refractivity contribution in [1.82, 2.24) is 14.8 Å². The van der Waals surface area contributed by atoms with Gasteiger partial charge in [0, 0.05) is 12.4 Å². The molecule has 0 aromatic carbocycles. The summed E-state index contributed by atoms with van der Waals surface area (Å²) >= 11 is 6.89. The first-order chi connectivity index (χ1) is 8.58. The van der Waals surface area contributed by atoms with Crippen LogP contribution in [0.1, 0.15) is 16.2 Å². The van der Waals surface area contributed by atoms with Crippen LogP contribution in [0, 0.1) is 6.92 Å². The van der Waals surface area contributed by atoms with Gasteiger partial charge < -0.3 is 4.74 Å². The lowest BCUT2D eigenvalue weighted by Crippen LogP contribution is -2.00. The summed E-state index contributed by atoms with van der Waals surface area (Å²) in [7, 11) is 3.38. The van der Waals surface area contributed by atoms with Gasteiger partial charge in [0.1, 0.15) is 10.7 Å². The fourth-order valence-corrected chi connectivity index (χ4v) is 2.75. The zero-order valence-corrected chi connectivity index (χ0v) is 11.8. The van der Waals surface area contributed by atoms with Gasteiger partial charge >= 0.3 is 0 Å². The Kier molecular flexibility index (Phi) is 3.68. The molecule has 7 heteroatoms. The number of aryl methyl sites for hydroxylation is 2. The quantitative estimate of drug-likeness (QED) is 0.639. The van der Waals surface area contributed by atoms with Gasteiger partial charge in [-0.2, -0.15) is 5.10 Å². The minimum absolute atomic E-state index is 0.0632. The minimum Gasteiger partial charge on any atom is -0.481 e. The van der Waals surface area contributed by atoms with Gasteiger partial charge in [0.05, 0.1) is 24.2 Å². The molecular formula is C11H12ClN3O2S. The molecule has 0 radical (unpaired) electrons. The van der Waals surface area contributed by atoms with Crippen molar-refractivity contribution in [3.63, 3.8) is 0 Å². The van der Waals surface area contributed by atoms with Crippen LogP contribution in [-0.2, 0) is 7.05 Å². The maximum Gasteiger partial charge on any atom is 0.222 e. The van der Waals surface area contributed by atoms with Crippen LogP contribution in [0.2, 0.25) is 0 Å². The number of nitrogens with zero attached hydrogens (tertiary/aromatic N) is 3. The van der Waals surface area contributed by atoms with Gasteiger partial charge in [-0.1, -0.05) is 0 Å². The summed E-state index contributed by atoms with van der Waals surface area (Å²) in [6.45, 7) is 1.88. The van der Waals surface area contributed by atoms with Crippen molar-refractivity contribution in [2.75, 3.05) is 13.0 Å². The van der Waals surface area contributed by atoms with Gasteiger partial charge in [-0.15, -0.1) is 22.9 Å². The van der Waals surface area contributed by atoms with E-state index in [4.69, 9.17) is 16.3 Å². The zero-order valence-electron chi connectivity index (χ0n) is 10.2. The number of Topliss-reactive ketones (excluding diaryl/α,β-unsaturated/α-hetero) is 1. The van der Waals surface area contributed by atoms with E-state index in [1.165, 1.54) is 11.3 Å². The predicted octanol–water partition coefficient (Wildman–Crippen LogP) is 2.28. The number of ether oxygens (including phenoxy) is 1. The summed E-state index contributed by atoms with van der Waals surface area (Å²) in [5, 5.41) is 6.69. The van der Waals surface area contributed by atoms with E-state index in [9.17, 15) is 4.79 Å². The van der Waals surface area contributed by atoms with Crippen LogP contribution in [0.25, 0.3) is 10.6 Å². The van der Waals surface area contributed by atoms with Crippen molar-refractivity contribution in [2.45, 2.75) is 6.92 Å². The average Bonchev–Trinajstić information content (AvgIpc) is 2.92. The number of carbonyl (C=O) groups excluding carboxylic acids is 1. The van der Waals surface area contributed by atoms with Crippen molar-refractivity contribution in [3.05, 3.63) is 16.8 Å². The molecule has 0 unspecified atom stereocenters. The summed E-state index contributed by atoms with van der Waals surface area (Å²) in [5.74, 6) is 0.387. The molecule has 2 aromatic rings. The van der Waals surface area contributed by atoms with Crippen LogP contribution in [-0.4, -0.2) is 33.5 Å². The Bertz CT molecular complexity index is 591. The molecule has 96 valence electrons. The molecule has 0 aliphatic heterocycles. The molecule has 0 saturated carbocycles. The summed E-state index contributed by atoms with van der Waals surface area (Å²) in [4.78, 5) is 15.7.